The van der Waals surface area contributed by atoms with Gasteiger partial charge < -0.3 is 9.26 Å². The number of ether oxygens (including phenoxy) is 1. The number of benzene rings is 1. The lowest BCUT2D eigenvalue weighted by molar-refractivity contribution is -0.116. The van der Waals surface area contributed by atoms with Crippen LogP contribution in [-0.2, 0) is 11.2 Å². The van der Waals surface area contributed by atoms with Gasteiger partial charge in [0.25, 0.3) is 5.89 Å². The van der Waals surface area contributed by atoms with Crippen LogP contribution in [0.25, 0.3) is 11.5 Å². The van der Waals surface area contributed by atoms with E-state index in [4.69, 9.17) is 9.26 Å². The summed E-state index contributed by atoms with van der Waals surface area (Å²) in [6, 6.07) is 7.34. The molecule has 5 heteroatoms. The van der Waals surface area contributed by atoms with Crippen molar-refractivity contribution in [3.05, 3.63) is 30.1 Å². The number of hydrogen-bond acceptors (Lipinski definition) is 5. The third kappa shape index (κ3) is 2.50. The topological polar surface area (TPSA) is 65.2 Å². The van der Waals surface area contributed by atoms with Gasteiger partial charge in [-0.2, -0.15) is 4.98 Å². The quantitative estimate of drug-likeness (QED) is 0.805. The van der Waals surface area contributed by atoms with Crippen LogP contribution in [0, 0.1) is 0 Å². The number of hydrogen-bond donors (Lipinski definition) is 0. The molecule has 0 amide bonds. The zero-order valence-electron chi connectivity index (χ0n) is 9.64. The first-order valence-corrected chi connectivity index (χ1v) is 5.16. The number of carbonyl (C=O) groups is 1. The summed E-state index contributed by atoms with van der Waals surface area (Å²) in [6.45, 7) is 1.49. The number of ketones is 1. The number of Topliss-reactive ketones (excluding diaryl/α,β-unsaturated/α-hetero) is 1. The molecule has 17 heavy (non-hydrogen) atoms. The minimum atomic E-state index is -0.00243. The van der Waals surface area contributed by atoms with Crippen LogP contribution in [0.1, 0.15) is 12.7 Å². The van der Waals surface area contributed by atoms with Crippen molar-refractivity contribution >= 4 is 5.78 Å². The van der Waals surface area contributed by atoms with Crippen molar-refractivity contribution in [2.75, 3.05) is 7.11 Å². The van der Waals surface area contributed by atoms with Crippen LogP contribution in [0.4, 0.5) is 0 Å². The monoisotopic (exact) mass is 232 g/mol. The minimum Gasteiger partial charge on any atom is -0.496 e. The van der Waals surface area contributed by atoms with E-state index in [0.29, 0.717) is 17.5 Å². The third-order valence-electron chi connectivity index (χ3n) is 2.21. The van der Waals surface area contributed by atoms with Gasteiger partial charge >= 0.3 is 0 Å². The first kappa shape index (κ1) is 11.3. The summed E-state index contributed by atoms with van der Waals surface area (Å²) >= 11 is 0. The fourth-order valence-corrected chi connectivity index (χ4v) is 1.48. The summed E-state index contributed by atoms with van der Waals surface area (Å²) in [6.07, 6.45) is 0.179. The highest BCUT2D eigenvalue weighted by molar-refractivity contribution is 5.77. The molecule has 0 atom stereocenters. The van der Waals surface area contributed by atoms with E-state index in [1.807, 2.05) is 24.3 Å². The Hall–Kier alpha value is -2.17. The number of carbonyl (C=O) groups excluding carboxylic acids is 1. The number of rotatable bonds is 4. The van der Waals surface area contributed by atoms with Gasteiger partial charge in [0.05, 0.1) is 19.1 Å². The molecule has 0 bridgehead atoms. The predicted molar refractivity (Wildman–Crippen MR) is 60.7 cm³/mol. The zero-order valence-corrected chi connectivity index (χ0v) is 9.64. The highest BCUT2D eigenvalue weighted by Gasteiger charge is 2.13. The molecule has 0 aliphatic carbocycles. The predicted octanol–water partition coefficient (Wildman–Crippen LogP) is 1.88. The molecule has 2 aromatic rings. The number of methoxy groups -OCH3 is 1. The van der Waals surface area contributed by atoms with Gasteiger partial charge in [-0.3, -0.25) is 4.79 Å². The van der Waals surface area contributed by atoms with Gasteiger partial charge in [0.1, 0.15) is 11.5 Å². The molecule has 0 saturated heterocycles. The van der Waals surface area contributed by atoms with E-state index in [1.165, 1.54) is 6.92 Å². The van der Waals surface area contributed by atoms with Crippen LogP contribution in [0.3, 0.4) is 0 Å². The number of nitrogens with zero attached hydrogens (tertiary/aromatic N) is 2. The molecule has 0 aliphatic heterocycles. The van der Waals surface area contributed by atoms with Crippen molar-refractivity contribution in [1.82, 2.24) is 10.1 Å². The molecule has 0 fully saturated rings. The molecule has 1 aromatic heterocycles. The van der Waals surface area contributed by atoms with E-state index in [9.17, 15) is 4.79 Å². The van der Waals surface area contributed by atoms with Crippen LogP contribution in [0.2, 0.25) is 0 Å². The van der Waals surface area contributed by atoms with Crippen molar-refractivity contribution in [2.24, 2.45) is 0 Å². The normalized spacial score (nSPS) is 10.2. The van der Waals surface area contributed by atoms with E-state index < -0.39 is 0 Å². The maximum absolute atomic E-state index is 10.9. The van der Waals surface area contributed by atoms with E-state index in [2.05, 4.69) is 10.1 Å². The van der Waals surface area contributed by atoms with Crippen molar-refractivity contribution in [3.8, 4) is 17.2 Å². The van der Waals surface area contributed by atoms with Gasteiger partial charge in [-0.15, -0.1) is 0 Å². The Morgan fingerprint density at radius 1 is 1.41 bits per heavy atom. The zero-order chi connectivity index (χ0) is 12.3. The average molecular weight is 232 g/mol. The summed E-state index contributed by atoms with van der Waals surface area (Å²) < 4.78 is 10.3. The number of para-hydroxylation sites is 1. The van der Waals surface area contributed by atoms with E-state index in [0.717, 1.165) is 5.56 Å². The van der Waals surface area contributed by atoms with E-state index in [1.54, 1.807) is 7.11 Å². The highest BCUT2D eigenvalue weighted by atomic mass is 16.5. The summed E-state index contributed by atoms with van der Waals surface area (Å²) in [5.41, 5.74) is 0.720. The second-order valence-corrected chi connectivity index (χ2v) is 3.59. The Morgan fingerprint density at radius 2 is 2.18 bits per heavy atom. The highest BCUT2D eigenvalue weighted by Crippen LogP contribution is 2.27. The third-order valence-corrected chi connectivity index (χ3v) is 2.21. The Bertz CT molecular complexity index is 534. The summed E-state index contributed by atoms with van der Waals surface area (Å²) in [7, 11) is 1.58. The standard InChI is InChI=1S/C12H12N2O3/c1-8(15)7-11-13-12(17-14-11)9-5-3-4-6-10(9)16-2/h3-6H,7H2,1-2H3. The maximum atomic E-state index is 10.9. The molecular formula is C12H12N2O3. The molecular weight excluding hydrogens is 220 g/mol. The van der Waals surface area contributed by atoms with Crippen molar-refractivity contribution in [1.29, 1.82) is 0 Å². The van der Waals surface area contributed by atoms with Gasteiger partial charge in [0.15, 0.2) is 5.82 Å². The molecule has 0 aliphatic rings. The summed E-state index contributed by atoms with van der Waals surface area (Å²) in [4.78, 5) is 15.1. The smallest absolute Gasteiger partial charge is 0.261 e. The van der Waals surface area contributed by atoms with E-state index in [-0.39, 0.29) is 12.2 Å². The molecule has 0 N–H and O–H groups in total. The van der Waals surface area contributed by atoms with Gasteiger partial charge in [-0.25, -0.2) is 0 Å². The Labute approximate surface area is 98.4 Å². The molecule has 1 aromatic carbocycles. The van der Waals surface area contributed by atoms with Gasteiger partial charge in [0, 0.05) is 0 Å². The lowest BCUT2D eigenvalue weighted by atomic mass is 10.2. The molecule has 0 radical (unpaired) electrons. The average Bonchev–Trinajstić information content (AvgIpc) is 2.76. The fraction of sp³-hybridized carbons (Fsp3) is 0.250. The largest absolute Gasteiger partial charge is 0.496 e. The lowest BCUT2D eigenvalue weighted by Crippen LogP contribution is -1.98. The molecule has 2 rings (SSSR count). The lowest BCUT2D eigenvalue weighted by Gasteiger charge is -2.02. The van der Waals surface area contributed by atoms with Crippen LogP contribution in [-0.4, -0.2) is 23.0 Å². The van der Waals surface area contributed by atoms with Crippen molar-refractivity contribution < 1.29 is 14.1 Å². The van der Waals surface area contributed by atoms with Gasteiger partial charge in [-0.05, 0) is 19.1 Å². The first-order chi connectivity index (χ1) is 8.20. The van der Waals surface area contributed by atoms with Gasteiger partial charge in [0.2, 0.25) is 0 Å². The van der Waals surface area contributed by atoms with Crippen LogP contribution in [0.5, 0.6) is 5.75 Å². The molecule has 1 heterocycles. The summed E-state index contributed by atoms with van der Waals surface area (Å²) in [5.74, 6) is 1.40. The Balaban J connectivity index is 2.33. The molecule has 5 nitrogen and oxygen atoms in total. The molecule has 0 spiro atoms. The van der Waals surface area contributed by atoms with Crippen molar-refractivity contribution in [3.63, 3.8) is 0 Å². The van der Waals surface area contributed by atoms with Crippen LogP contribution >= 0.6 is 0 Å². The molecule has 88 valence electrons. The second-order valence-electron chi connectivity index (χ2n) is 3.59. The Morgan fingerprint density at radius 3 is 2.88 bits per heavy atom. The fourth-order valence-electron chi connectivity index (χ4n) is 1.48. The number of aromatic nitrogens is 2. The minimum absolute atomic E-state index is 0.00243. The molecule has 0 unspecified atom stereocenters. The van der Waals surface area contributed by atoms with Crippen LogP contribution in [0.15, 0.2) is 28.8 Å². The second kappa shape index (κ2) is 4.78. The van der Waals surface area contributed by atoms with Crippen LogP contribution < -0.4 is 4.74 Å². The van der Waals surface area contributed by atoms with Crippen molar-refractivity contribution in [2.45, 2.75) is 13.3 Å². The molecule has 0 saturated carbocycles. The maximum Gasteiger partial charge on any atom is 0.261 e. The van der Waals surface area contributed by atoms with E-state index >= 15 is 0 Å². The summed E-state index contributed by atoms with van der Waals surface area (Å²) in [5, 5.41) is 3.75. The SMILES string of the molecule is COc1ccccc1-c1nc(CC(C)=O)no1. The Kier molecular flexibility index (Phi) is 3.18. The van der Waals surface area contributed by atoms with Gasteiger partial charge in [-0.1, -0.05) is 17.3 Å². The first-order valence-electron chi connectivity index (χ1n) is 5.16.